The number of halogens is 1. The summed E-state index contributed by atoms with van der Waals surface area (Å²) in [5, 5.41) is 3.37. The number of pyridine rings is 1. The van der Waals surface area contributed by atoms with E-state index < -0.39 is 0 Å². The molecule has 3 nitrogen and oxygen atoms in total. The number of furan rings is 1. The first-order valence-electron chi connectivity index (χ1n) is 6.32. The van der Waals surface area contributed by atoms with Crippen LogP contribution >= 0.6 is 15.9 Å². The number of hydrogen-bond acceptors (Lipinski definition) is 3. The second-order valence-electron chi connectivity index (χ2n) is 5.41. The SMILES string of the molecule is Cc1ccc(C(C)(C)CNc2ccc(Br)c(C)n2)o1. The molecule has 0 aromatic carbocycles. The quantitative estimate of drug-likeness (QED) is 0.904. The molecule has 2 heterocycles. The maximum absolute atomic E-state index is 5.71. The lowest BCUT2D eigenvalue weighted by Gasteiger charge is -2.23. The highest BCUT2D eigenvalue weighted by molar-refractivity contribution is 9.10. The number of anilines is 1. The van der Waals surface area contributed by atoms with Crippen molar-refractivity contribution in [3.8, 4) is 0 Å². The van der Waals surface area contributed by atoms with Crippen LogP contribution in [0.3, 0.4) is 0 Å². The first kappa shape index (κ1) is 14.1. The van der Waals surface area contributed by atoms with Gasteiger partial charge in [-0.1, -0.05) is 13.8 Å². The maximum Gasteiger partial charge on any atom is 0.126 e. The second kappa shape index (κ2) is 5.37. The third-order valence-electron chi connectivity index (χ3n) is 3.14. The molecule has 0 aliphatic rings. The van der Waals surface area contributed by atoms with Gasteiger partial charge in [0.25, 0.3) is 0 Å². The topological polar surface area (TPSA) is 38.1 Å². The van der Waals surface area contributed by atoms with Gasteiger partial charge < -0.3 is 9.73 Å². The molecule has 0 amide bonds. The Bertz CT molecular complexity index is 575. The van der Waals surface area contributed by atoms with E-state index in [-0.39, 0.29) is 5.41 Å². The fourth-order valence-electron chi connectivity index (χ4n) is 1.84. The summed E-state index contributed by atoms with van der Waals surface area (Å²) in [6.45, 7) is 9.03. The Kier molecular flexibility index (Phi) is 3.99. The highest BCUT2D eigenvalue weighted by atomic mass is 79.9. The Balaban J connectivity index is 2.07. The second-order valence-corrected chi connectivity index (χ2v) is 6.27. The molecule has 102 valence electrons. The molecule has 2 aromatic heterocycles. The number of hydrogen-bond donors (Lipinski definition) is 1. The van der Waals surface area contributed by atoms with Crippen molar-refractivity contribution in [2.75, 3.05) is 11.9 Å². The minimum Gasteiger partial charge on any atom is -0.466 e. The molecule has 0 saturated carbocycles. The van der Waals surface area contributed by atoms with E-state index >= 15 is 0 Å². The van der Waals surface area contributed by atoms with Gasteiger partial charge in [0, 0.05) is 16.4 Å². The van der Waals surface area contributed by atoms with Crippen LogP contribution in [0.1, 0.15) is 31.1 Å². The van der Waals surface area contributed by atoms with E-state index in [0.29, 0.717) is 0 Å². The zero-order chi connectivity index (χ0) is 14.0. The largest absolute Gasteiger partial charge is 0.466 e. The third-order valence-corrected chi connectivity index (χ3v) is 3.98. The highest BCUT2D eigenvalue weighted by Crippen LogP contribution is 2.25. The molecule has 0 unspecified atom stereocenters. The van der Waals surface area contributed by atoms with Crippen molar-refractivity contribution in [3.05, 3.63) is 46.0 Å². The van der Waals surface area contributed by atoms with Gasteiger partial charge in [0.05, 0.1) is 5.69 Å². The van der Waals surface area contributed by atoms with Crippen molar-refractivity contribution in [1.82, 2.24) is 4.98 Å². The lowest BCUT2D eigenvalue weighted by atomic mass is 9.90. The molecule has 0 fully saturated rings. The van der Waals surface area contributed by atoms with Crippen molar-refractivity contribution in [1.29, 1.82) is 0 Å². The van der Waals surface area contributed by atoms with Crippen molar-refractivity contribution < 1.29 is 4.42 Å². The van der Waals surface area contributed by atoms with Gasteiger partial charge in [-0.15, -0.1) is 0 Å². The van der Waals surface area contributed by atoms with E-state index in [1.165, 1.54) is 0 Å². The van der Waals surface area contributed by atoms with Crippen LogP contribution in [0.15, 0.2) is 33.2 Å². The number of nitrogens with one attached hydrogen (secondary N) is 1. The first-order chi connectivity index (χ1) is 8.88. The van der Waals surface area contributed by atoms with Crippen molar-refractivity contribution >= 4 is 21.7 Å². The summed E-state index contributed by atoms with van der Waals surface area (Å²) in [6, 6.07) is 8.02. The Morgan fingerprint density at radius 2 is 1.95 bits per heavy atom. The molecule has 19 heavy (non-hydrogen) atoms. The average Bonchev–Trinajstić information content (AvgIpc) is 2.78. The predicted octanol–water partition coefficient (Wildman–Crippen LogP) is 4.44. The highest BCUT2D eigenvalue weighted by Gasteiger charge is 2.24. The summed E-state index contributed by atoms with van der Waals surface area (Å²) in [7, 11) is 0. The molecule has 0 aliphatic carbocycles. The Morgan fingerprint density at radius 1 is 1.21 bits per heavy atom. The van der Waals surface area contributed by atoms with Crippen LogP contribution in [-0.4, -0.2) is 11.5 Å². The zero-order valence-corrected chi connectivity index (χ0v) is 13.3. The Labute approximate surface area is 122 Å². The molecular weight excluding hydrogens is 304 g/mol. The van der Waals surface area contributed by atoms with Crippen LogP contribution < -0.4 is 5.32 Å². The Hall–Kier alpha value is -1.29. The maximum atomic E-state index is 5.71. The Morgan fingerprint density at radius 3 is 2.53 bits per heavy atom. The van der Waals surface area contributed by atoms with Gasteiger partial charge in [0.2, 0.25) is 0 Å². The summed E-state index contributed by atoms with van der Waals surface area (Å²) < 4.78 is 6.74. The van der Waals surface area contributed by atoms with E-state index in [0.717, 1.165) is 34.0 Å². The van der Waals surface area contributed by atoms with Crippen LogP contribution in [0.5, 0.6) is 0 Å². The molecule has 2 aromatic rings. The standard InChI is InChI=1S/C15H19BrN2O/c1-10-5-7-13(19-10)15(3,4)9-17-14-8-6-12(16)11(2)18-14/h5-8H,9H2,1-4H3,(H,17,18). The number of rotatable bonds is 4. The minimum absolute atomic E-state index is 0.0725. The van der Waals surface area contributed by atoms with Crippen molar-refractivity contribution in [2.45, 2.75) is 33.1 Å². The smallest absolute Gasteiger partial charge is 0.126 e. The van der Waals surface area contributed by atoms with Gasteiger partial charge in [-0.2, -0.15) is 0 Å². The van der Waals surface area contributed by atoms with Crippen molar-refractivity contribution in [3.63, 3.8) is 0 Å². The zero-order valence-electron chi connectivity index (χ0n) is 11.7. The minimum atomic E-state index is -0.0725. The third kappa shape index (κ3) is 3.38. The summed E-state index contributed by atoms with van der Waals surface area (Å²) >= 11 is 3.45. The van der Waals surface area contributed by atoms with Crippen LogP contribution in [0.2, 0.25) is 0 Å². The molecule has 0 saturated heterocycles. The molecule has 4 heteroatoms. The van der Waals surface area contributed by atoms with Gasteiger partial charge in [-0.05, 0) is 54.0 Å². The fraction of sp³-hybridized carbons (Fsp3) is 0.400. The lowest BCUT2D eigenvalue weighted by Crippen LogP contribution is -2.27. The molecule has 1 N–H and O–H groups in total. The fourth-order valence-corrected chi connectivity index (χ4v) is 2.06. The van der Waals surface area contributed by atoms with E-state index in [4.69, 9.17) is 4.42 Å². The van der Waals surface area contributed by atoms with E-state index in [1.807, 2.05) is 38.1 Å². The summed E-state index contributed by atoms with van der Waals surface area (Å²) in [6.07, 6.45) is 0. The van der Waals surface area contributed by atoms with Gasteiger partial charge in [-0.25, -0.2) is 4.98 Å². The average molecular weight is 323 g/mol. The van der Waals surface area contributed by atoms with Crippen LogP contribution in [0.4, 0.5) is 5.82 Å². The molecule has 0 bridgehead atoms. The van der Waals surface area contributed by atoms with Crippen molar-refractivity contribution in [2.24, 2.45) is 0 Å². The summed E-state index contributed by atoms with van der Waals surface area (Å²) in [5.41, 5.74) is 0.911. The molecular formula is C15H19BrN2O. The normalized spacial score (nSPS) is 11.6. The molecule has 0 spiro atoms. The first-order valence-corrected chi connectivity index (χ1v) is 7.12. The predicted molar refractivity (Wildman–Crippen MR) is 81.6 cm³/mol. The molecule has 0 atom stereocenters. The monoisotopic (exact) mass is 322 g/mol. The van der Waals surface area contributed by atoms with E-state index in [1.54, 1.807) is 0 Å². The molecule has 0 radical (unpaired) electrons. The lowest BCUT2D eigenvalue weighted by molar-refractivity contribution is 0.385. The summed E-state index contributed by atoms with van der Waals surface area (Å²) in [5.74, 6) is 2.82. The number of aryl methyl sites for hydroxylation is 2. The van der Waals surface area contributed by atoms with E-state index in [2.05, 4.69) is 40.1 Å². The van der Waals surface area contributed by atoms with Gasteiger partial charge in [-0.3, -0.25) is 0 Å². The van der Waals surface area contributed by atoms with Crippen LogP contribution in [0.25, 0.3) is 0 Å². The van der Waals surface area contributed by atoms with Crippen LogP contribution in [0, 0.1) is 13.8 Å². The summed E-state index contributed by atoms with van der Waals surface area (Å²) in [4.78, 5) is 4.49. The number of nitrogens with zero attached hydrogens (tertiary/aromatic N) is 1. The number of aromatic nitrogens is 1. The van der Waals surface area contributed by atoms with Gasteiger partial charge in [0.15, 0.2) is 0 Å². The molecule has 0 aliphatic heterocycles. The van der Waals surface area contributed by atoms with Gasteiger partial charge in [0.1, 0.15) is 17.3 Å². The van der Waals surface area contributed by atoms with E-state index in [9.17, 15) is 0 Å². The van der Waals surface area contributed by atoms with Crippen LogP contribution in [-0.2, 0) is 5.41 Å². The van der Waals surface area contributed by atoms with Gasteiger partial charge >= 0.3 is 0 Å². The molecule has 2 rings (SSSR count).